The Balaban J connectivity index is 2.64. The fraction of sp³-hybridized carbons (Fsp3) is 0.250. The predicted molar refractivity (Wildman–Crippen MR) is 100 cm³/mol. The molecular formula is C16H24N2O3Si2. The zero-order valence-corrected chi connectivity index (χ0v) is 15.9. The quantitative estimate of drug-likeness (QED) is 0.383. The highest BCUT2D eigenvalue weighted by Gasteiger charge is 2.39. The molecule has 0 aliphatic carbocycles. The maximum Gasteiger partial charge on any atom is 0.242 e. The number of aromatic hydroxyl groups is 2. The van der Waals surface area contributed by atoms with Gasteiger partial charge in [-0.3, -0.25) is 0 Å². The van der Waals surface area contributed by atoms with Gasteiger partial charge in [0.15, 0.2) is 8.32 Å². The highest BCUT2D eigenvalue weighted by atomic mass is 28.4. The summed E-state index contributed by atoms with van der Waals surface area (Å²) in [6, 6.07) is 10.5. The normalized spacial score (nSPS) is 12.3. The minimum atomic E-state index is -2.62. The maximum atomic E-state index is 9.99. The monoisotopic (exact) mass is 348 g/mol. The predicted octanol–water partition coefficient (Wildman–Crippen LogP) is 1.80. The third-order valence-electron chi connectivity index (χ3n) is 3.67. The Labute approximate surface area is 138 Å². The molecule has 0 bridgehead atoms. The Bertz CT molecular complexity index is 678. The van der Waals surface area contributed by atoms with E-state index >= 15 is 0 Å². The molecule has 0 aliphatic rings. The number of phenols is 2. The van der Waals surface area contributed by atoms with E-state index in [-0.39, 0.29) is 11.5 Å². The third kappa shape index (κ3) is 3.69. The second-order valence-electron chi connectivity index (χ2n) is 6.79. The number of nitrogen functional groups attached to an aromatic ring is 2. The van der Waals surface area contributed by atoms with E-state index in [4.69, 9.17) is 15.6 Å². The molecule has 0 aliphatic heterocycles. The minimum absolute atomic E-state index is 0.0417. The number of rotatable bonds is 4. The molecule has 5 nitrogen and oxygen atoms in total. The van der Waals surface area contributed by atoms with Crippen LogP contribution in [-0.2, 0) is 4.12 Å². The summed E-state index contributed by atoms with van der Waals surface area (Å²) < 4.78 is 6.56. The van der Waals surface area contributed by atoms with Crippen LogP contribution in [0.5, 0.6) is 11.5 Å². The molecule has 0 saturated carbocycles. The molecule has 124 valence electrons. The van der Waals surface area contributed by atoms with Crippen molar-refractivity contribution in [3.8, 4) is 11.5 Å². The first-order chi connectivity index (χ1) is 10.5. The molecule has 0 heterocycles. The Hall–Kier alpha value is -1.97. The number of nitrogens with two attached hydrogens (primary N) is 2. The van der Waals surface area contributed by atoms with E-state index in [2.05, 4.69) is 26.2 Å². The van der Waals surface area contributed by atoms with E-state index in [1.165, 1.54) is 0 Å². The minimum Gasteiger partial charge on any atom is -0.506 e. The summed E-state index contributed by atoms with van der Waals surface area (Å²) >= 11 is 0. The van der Waals surface area contributed by atoms with E-state index < -0.39 is 16.6 Å². The average molecular weight is 349 g/mol. The van der Waals surface area contributed by atoms with E-state index in [0.29, 0.717) is 11.4 Å². The van der Waals surface area contributed by atoms with Crippen LogP contribution in [0.2, 0.25) is 26.2 Å². The molecule has 0 radical (unpaired) electrons. The molecule has 0 amide bonds. The fourth-order valence-corrected chi connectivity index (χ4v) is 10.4. The van der Waals surface area contributed by atoms with Crippen molar-refractivity contribution in [1.29, 1.82) is 0 Å². The Morgan fingerprint density at radius 2 is 1.17 bits per heavy atom. The largest absolute Gasteiger partial charge is 0.506 e. The van der Waals surface area contributed by atoms with Crippen LogP contribution in [0.15, 0.2) is 36.4 Å². The second kappa shape index (κ2) is 5.91. The first-order valence-corrected chi connectivity index (χ1v) is 13.2. The number of anilines is 2. The molecule has 0 spiro atoms. The van der Waals surface area contributed by atoms with Gasteiger partial charge in [-0.05, 0) is 60.8 Å². The van der Waals surface area contributed by atoms with E-state index in [1.54, 1.807) is 24.3 Å². The SMILES string of the molecule is C[Si](C)(C)O[Si](C)(c1ccc(N)c(O)c1)c1ccc(N)c(O)c1. The van der Waals surface area contributed by atoms with Crippen molar-refractivity contribution in [2.75, 3.05) is 11.5 Å². The van der Waals surface area contributed by atoms with Gasteiger partial charge in [-0.2, -0.15) is 0 Å². The molecule has 0 fully saturated rings. The second-order valence-corrected chi connectivity index (χ2v) is 15.1. The average Bonchev–Trinajstić information content (AvgIpc) is 2.42. The number of hydrogen-bond acceptors (Lipinski definition) is 5. The fourth-order valence-electron chi connectivity index (χ4n) is 2.58. The van der Waals surface area contributed by atoms with Crippen LogP contribution in [-0.4, -0.2) is 26.8 Å². The molecule has 0 aromatic heterocycles. The first kappa shape index (κ1) is 17.4. The molecule has 2 aromatic rings. The van der Waals surface area contributed by atoms with Crippen molar-refractivity contribution in [3.05, 3.63) is 36.4 Å². The lowest BCUT2D eigenvalue weighted by Gasteiger charge is -2.35. The summed E-state index contributed by atoms with van der Waals surface area (Å²) in [5.41, 5.74) is 12.1. The van der Waals surface area contributed by atoms with Gasteiger partial charge in [-0.15, -0.1) is 0 Å². The molecule has 0 saturated heterocycles. The standard InChI is InChI=1S/C16H24N2O3Si2/c1-22(2,3)21-23(4,11-5-7-13(17)15(19)9-11)12-6-8-14(18)16(20)10-12/h5-10,19-20H,17-18H2,1-4H3. The number of hydrogen-bond donors (Lipinski definition) is 4. The zero-order chi connectivity index (χ0) is 17.4. The molecule has 2 rings (SSSR count). The van der Waals surface area contributed by atoms with Gasteiger partial charge in [0.2, 0.25) is 8.32 Å². The van der Waals surface area contributed by atoms with E-state index in [0.717, 1.165) is 10.4 Å². The van der Waals surface area contributed by atoms with Crippen molar-refractivity contribution in [2.24, 2.45) is 0 Å². The lowest BCUT2D eigenvalue weighted by molar-refractivity contribution is 0.478. The van der Waals surface area contributed by atoms with Crippen molar-refractivity contribution in [3.63, 3.8) is 0 Å². The summed E-state index contributed by atoms with van der Waals surface area (Å²) in [4.78, 5) is 0. The molecule has 0 atom stereocenters. The third-order valence-corrected chi connectivity index (χ3v) is 10.6. The van der Waals surface area contributed by atoms with Crippen LogP contribution >= 0.6 is 0 Å². The first-order valence-electron chi connectivity index (χ1n) is 7.41. The van der Waals surface area contributed by atoms with Crippen LogP contribution in [0.1, 0.15) is 0 Å². The summed E-state index contributed by atoms with van der Waals surface area (Å²) in [6.07, 6.45) is 0. The Kier molecular flexibility index (Phi) is 4.47. The van der Waals surface area contributed by atoms with Gasteiger partial charge in [0.1, 0.15) is 11.5 Å². The van der Waals surface area contributed by atoms with Crippen LogP contribution < -0.4 is 21.8 Å². The highest BCUT2D eigenvalue weighted by Crippen LogP contribution is 2.24. The maximum absolute atomic E-state index is 9.99. The summed E-state index contributed by atoms with van der Waals surface area (Å²) in [6.45, 7) is 8.41. The highest BCUT2D eigenvalue weighted by molar-refractivity contribution is 7.01. The van der Waals surface area contributed by atoms with Gasteiger partial charge in [0.05, 0.1) is 11.4 Å². The van der Waals surface area contributed by atoms with Crippen LogP contribution in [0.3, 0.4) is 0 Å². The van der Waals surface area contributed by atoms with Gasteiger partial charge in [-0.25, -0.2) is 0 Å². The van der Waals surface area contributed by atoms with Crippen LogP contribution in [0.25, 0.3) is 0 Å². The van der Waals surface area contributed by atoms with Gasteiger partial charge < -0.3 is 25.8 Å². The van der Waals surface area contributed by atoms with Gasteiger partial charge in [0.25, 0.3) is 0 Å². The molecule has 2 aromatic carbocycles. The summed E-state index contributed by atoms with van der Waals surface area (Å²) in [5, 5.41) is 21.8. The van der Waals surface area contributed by atoms with Crippen LogP contribution in [0, 0.1) is 0 Å². The van der Waals surface area contributed by atoms with Gasteiger partial charge in [0, 0.05) is 0 Å². The van der Waals surface area contributed by atoms with E-state index in [1.807, 2.05) is 12.1 Å². The molecule has 0 unspecified atom stereocenters. The number of phenolic OH excluding ortho intramolecular Hbond substituents is 2. The van der Waals surface area contributed by atoms with Crippen molar-refractivity contribution >= 4 is 38.4 Å². The smallest absolute Gasteiger partial charge is 0.242 e. The zero-order valence-electron chi connectivity index (χ0n) is 13.9. The molecular weight excluding hydrogens is 324 g/mol. The number of benzene rings is 2. The van der Waals surface area contributed by atoms with Gasteiger partial charge in [-0.1, -0.05) is 12.1 Å². The van der Waals surface area contributed by atoms with Crippen molar-refractivity contribution in [1.82, 2.24) is 0 Å². The molecule has 23 heavy (non-hydrogen) atoms. The Morgan fingerprint density at radius 1 is 0.783 bits per heavy atom. The Morgan fingerprint density at radius 3 is 1.48 bits per heavy atom. The molecule has 6 N–H and O–H groups in total. The van der Waals surface area contributed by atoms with Crippen molar-refractivity contribution in [2.45, 2.75) is 26.2 Å². The lowest BCUT2D eigenvalue weighted by Crippen LogP contribution is -2.62. The van der Waals surface area contributed by atoms with Crippen molar-refractivity contribution < 1.29 is 14.3 Å². The van der Waals surface area contributed by atoms with Crippen LogP contribution in [0.4, 0.5) is 11.4 Å². The van der Waals surface area contributed by atoms with Gasteiger partial charge >= 0.3 is 0 Å². The topological polar surface area (TPSA) is 102 Å². The lowest BCUT2D eigenvalue weighted by atomic mass is 10.3. The molecule has 7 heteroatoms. The summed E-state index contributed by atoms with van der Waals surface area (Å²) in [5.74, 6) is 0.0835. The van der Waals surface area contributed by atoms with E-state index in [9.17, 15) is 10.2 Å². The summed E-state index contributed by atoms with van der Waals surface area (Å²) in [7, 11) is -4.50.